The minimum absolute atomic E-state index is 0.105. The van der Waals surface area contributed by atoms with Crippen molar-refractivity contribution in [2.45, 2.75) is 39.2 Å². The minimum Gasteiger partial charge on any atom is -0.486 e. The number of ether oxygens (including phenoxy) is 2. The molecule has 1 unspecified atom stereocenters. The van der Waals surface area contributed by atoms with Gasteiger partial charge in [-0.3, -0.25) is 9.59 Å². The van der Waals surface area contributed by atoms with E-state index in [4.69, 9.17) is 9.47 Å². The van der Waals surface area contributed by atoms with E-state index in [2.05, 4.69) is 10.6 Å². The van der Waals surface area contributed by atoms with Gasteiger partial charge in [-0.2, -0.15) is 0 Å². The minimum atomic E-state index is -0.479. The number of nitrogens with one attached hydrogen (secondary N) is 2. The van der Waals surface area contributed by atoms with Gasteiger partial charge in [0.15, 0.2) is 11.5 Å². The molecule has 4 rings (SSSR count). The van der Waals surface area contributed by atoms with Crippen LogP contribution in [0.25, 0.3) is 5.69 Å². The maximum atomic E-state index is 12.9. The van der Waals surface area contributed by atoms with Crippen molar-refractivity contribution in [3.05, 3.63) is 41.2 Å². The fraction of sp³-hybridized carbons (Fsp3) is 0.429. The monoisotopic (exact) mass is 383 g/mol. The Hall–Kier alpha value is -2.96. The number of nitrogens with zero attached hydrogens (tertiary/aromatic N) is 1. The number of carbonyl (C=O) groups excluding carboxylic acids is 2. The Kier molecular flexibility index (Phi) is 4.98. The molecule has 3 heterocycles. The van der Waals surface area contributed by atoms with E-state index >= 15 is 0 Å². The molecular formula is C21H25N3O4. The van der Waals surface area contributed by atoms with Gasteiger partial charge in [0.1, 0.15) is 19.3 Å². The van der Waals surface area contributed by atoms with Gasteiger partial charge in [0.25, 0.3) is 5.91 Å². The number of hydrogen-bond donors (Lipinski definition) is 2. The molecule has 1 fully saturated rings. The smallest absolute Gasteiger partial charge is 0.253 e. The highest BCUT2D eigenvalue weighted by molar-refractivity contribution is 5.99. The van der Waals surface area contributed by atoms with Crippen molar-refractivity contribution in [3.8, 4) is 17.2 Å². The van der Waals surface area contributed by atoms with E-state index < -0.39 is 6.04 Å². The van der Waals surface area contributed by atoms with E-state index in [-0.39, 0.29) is 11.8 Å². The van der Waals surface area contributed by atoms with Gasteiger partial charge < -0.3 is 24.7 Å². The van der Waals surface area contributed by atoms with Crippen LogP contribution in [0.5, 0.6) is 11.5 Å². The fourth-order valence-corrected chi connectivity index (χ4v) is 3.87. The summed E-state index contributed by atoms with van der Waals surface area (Å²) in [4.78, 5) is 25.0. The van der Waals surface area contributed by atoms with Crippen LogP contribution in [0.3, 0.4) is 0 Å². The zero-order valence-corrected chi connectivity index (χ0v) is 16.2. The maximum Gasteiger partial charge on any atom is 0.253 e. The van der Waals surface area contributed by atoms with E-state index in [9.17, 15) is 9.59 Å². The second-order valence-corrected chi connectivity index (χ2v) is 7.26. The van der Waals surface area contributed by atoms with Crippen molar-refractivity contribution in [2.75, 3.05) is 19.8 Å². The third-order valence-corrected chi connectivity index (χ3v) is 5.30. The molecule has 148 valence electrons. The SMILES string of the molecule is Cc1cc(C(=O)NC2CCCCNC2=O)c(C)n1-c1ccc2c(c1)OCCO2. The van der Waals surface area contributed by atoms with E-state index in [1.165, 1.54) is 0 Å². The van der Waals surface area contributed by atoms with Crippen molar-refractivity contribution in [1.82, 2.24) is 15.2 Å². The first kappa shape index (κ1) is 18.4. The number of aromatic nitrogens is 1. The molecule has 1 aromatic heterocycles. The molecule has 0 bridgehead atoms. The summed E-state index contributed by atoms with van der Waals surface area (Å²) in [6.07, 6.45) is 2.52. The Morgan fingerprint density at radius 1 is 1.14 bits per heavy atom. The molecule has 2 aliphatic rings. The number of benzene rings is 1. The van der Waals surface area contributed by atoms with Gasteiger partial charge in [-0.1, -0.05) is 0 Å². The van der Waals surface area contributed by atoms with E-state index in [1.807, 2.05) is 42.7 Å². The summed E-state index contributed by atoms with van der Waals surface area (Å²) in [6, 6.07) is 7.14. The predicted octanol–water partition coefficient (Wildman–Crippen LogP) is 2.26. The van der Waals surface area contributed by atoms with Gasteiger partial charge >= 0.3 is 0 Å². The van der Waals surface area contributed by atoms with Gasteiger partial charge in [-0.25, -0.2) is 0 Å². The normalized spacial score (nSPS) is 18.9. The summed E-state index contributed by atoms with van der Waals surface area (Å²) in [7, 11) is 0. The van der Waals surface area contributed by atoms with E-state index in [1.54, 1.807) is 0 Å². The van der Waals surface area contributed by atoms with Gasteiger partial charge in [-0.05, 0) is 51.3 Å². The lowest BCUT2D eigenvalue weighted by Gasteiger charge is -2.20. The molecule has 7 heteroatoms. The van der Waals surface area contributed by atoms with Crippen LogP contribution in [0.15, 0.2) is 24.3 Å². The molecule has 1 saturated heterocycles. The van der Waals surface area contributed by atoms with Crippen molar-refractivity contribution >= 4 is 11.8 Å². The highest BCUT2D eigenvalue weighted by Crippen LogP contribution is 2.33. The first-order valence-electron chi connectivity index (χ1n) is 9.72. The number of carbonyl (C=O) groups is 2. The average molecular weight is 383 g/mol. The Bertz CT molecular complexity index is 919. The summed E-state index contributed by atoms with van der Waals surface area (Å²) in [5, 5.41) is 5.75. The number of rotatable bonds is 3. The molecule has 1 atom stereocenters. The molecule has 1 aromatic carbocycles. The topological polar surface area (TPSA) is 81.6 Å². The molecule has 7 nitrogen and oxygen atoms in total. The zero-order chi connectivity index (χ0) is 19.7. The van der Waals surface area contributed by atoms with Crippen molar-refractivity contribution in [1.29, 1.82) is 0 Å². The van der Waals surface area contributed by atoms with Crippen molar-refractivity contribution in [3.63, 3.8) is 0 Å². The van der Waals surface area contributed by atoms with Crippen LogP contribution in [-0.4, -0.2) is 42.2 Å². The van der Waals surface area contributed by atoms with E-state index in [0.29, 0.717) is 37.5 Å². The van der Waals surface area contributed by atoms with Crippen LogP contribution >= 0.6 is 0 Å². The summed E-state index contributed by atoms with van der Waals surface area (Å²) in [5.41, 5.74) is 3.24. The van der Waals surface area contributed by atoms with Crippen molar-refractivity contribution < 1.29 is 19.1 Å². The standard InChI is InChI=1S/C21H25N3O4/c1-13-11-16(20(25)23-17-5-3-4-8-22-21(17)26)14(2)24(13)15-6-7-18-19(12-15)28-10-9-27-18/h6-7,11-12,17H,3-5,8-10H2,1-2H3,(H,22,26)(H,23,25). The lowest BCUT2D eigenvalue weighted by atomic mass is 10.1. The molecule has 0 saturated carbocycles. The summed E-state index contributed by atoms with van der Waals surface area (Å²) in [5.74, 6) is 1.11. The Morgan fingerprint density at radius 3 is 2.75 bits per heavy atom. The van der Waals surface area contributed by atoms with Crippen LogP contribution in [-0.2, 0) is 4.79 Å². The lowest BCUT2D eigenvalue weighted by Crippen LogP contribution is -2.45. The second-order valence-electron chi connectivity index (χ2n) is 7.26. The molecule has 2 N–H and O–H groups in total. The number of fused-ring (bicyclic) bond motifs is 1. The number of hydrogen-bond acceptors (Lipinski definition) is 4. The van der Waals surface area contributed by atoms with Gasteiger partial charge in [0, 0.05) is 29.7 Å². The third-order valence-electron chi connectivity index (χ3n) is 5.30. The highest BCUT2D eigenvalue weighted by Gasteiger charge is 2.25. The molecule has 0 radical (unpaired) electrons. The largest absolute Gasteiger partial charge is 0.486 e. The zero-order valence-electron chi connectivity index (χ0n) is 16.2. The number of amides is 2. The molecular weight excluding hydrogens is 358 g/mol. The fourth-order valence-electron chi connectivity index (χ4n) is 3.87. The summed E-state index contributed by atoms with van der Waals surface area (Å²) in [6.45, 7) is 5.61. The van der Waals surface area contributed by atoms with Crippen molar-refractivity contribution in [2.24, 2.45) is 0 Å². The maximum absolute atomic E-state index is 12.9. The molecule has 0 spiro atoms. The summed E-state index contributed by atoms with van der Waals surface area (Å²) < 4.78 is 13.3. The quantitative estimate of drug-likeness (QED) is 0.852. The Balaban J connectivity index is 1.60. The molecule has 2 aliphatic heterocycles. The third kappa shape index (κ3) is 3.44. The predicted molar refractivity (Wildman–Crippen MR) is 104 cm³/mol. The van der Waals surface area contributed by atoms with Gasteiger partial charge in [0.2, 0.25) is 5.91 Å². The molecule has 2 aromatic rings. The average Bonchev–Trinajstić information content (AvgIpc) is 2.85. The van der Waals surface area contributed by atoms with Crippen LogP contribution in [0.2, 0.25) is 0 Å². The van der Waals surface area contributed by atoms with Crippen LogP contribution < -0.4 is 20.1 Å². The molecule has 2 amide bonds. The van der Waals surface area contributed by atoms with Crippen LogP contribution in [0.4, 0.5) is 0 Å². The molecule has 0 aliphatic carbocycles. The Labute approximate surface area is 164 Å². The number of aryl methyl sites for hydroxylation is 1. The van der Waals surface area contributed by atoms with Gasteiger partial charge in [-0.15, -0.1) is 0 Å². The first-order chi connectivity index (χ1) is 13.5. The second kappa shape index (κ2) is 7.58. The van der Waals surface area contributed by atoms with E-state index in [0.717, 1.165) is 35.7 Å². The molecule has 28 heavy (non-hydrogen) atoms. The van der Waals surface area contributed by atoms with Gasteiger partial charge in [0.05, 0.1) is 5.56 Å². The van der Waals surface area contributed by atoms with Crippen LogP contribution in [0.1, 0.15) is 41.0 Å². The highest BCUT2D eigenvalue weighted by atomic mass is 16.6. The first-order valence-corrected chi connectivity index (χ1v) is 9.72. The van der Waals surface area contributed by atoms with Crippen LogP contribution in [0, 0.1) is 13.8 Å². The lowest BCUT2D eigenvalue weighted by molar-refractivity contribution is -0.122. The summed E-state index contributed by atoms with van der Waals surface area (Å²) >= 11 is 0. The Morgan fingerprint density at radius 2 is 1.93 bits per heavy atom.